The summed E-state index contributed by atoms with van der Waals surface area (Å²) in [6.07, 6.45) is 6.48. The summed E-state index contributed by atoms with van der Waals surface area (Å²) in [6.45, 7) is 15.5. The van der Waals surface area contributed by atoms with Crippen LogP contribution in [0.1, 0.15) is 44.0 Å². The first-order valence-electron chi connectivity index (χ1n) is 12.3. The topological polar surface area (TPSA) is 82.2 Å². The summed E-state index contributed by atoms with van der Waals surface area (Å²) in [4.78, 5) is 12.8. The standard InChI is InChI=1S/C27H38N4O2Si.ClH/c1-7-23-24(17(2)30-31(23)16-33-18(3)34(4,5)6)19-12-14-22(15-13-19)29-27(32)26(28)25(20-8-9-20)21-10-11-21;/h7,12-15,18,20-21H,1,8-11,16,28H2,2-6H3,(H,29,32);1H/t18-;/m0./s1. The first-order chi connectivity index (χ1) is 16.1. The lowest BCUT2D eigenvalue weighted by Crippen LogP contribution is -2.38. The number of ether oxygens (including phenoxy) is 1. The maximum absolute atomic E-state index is 12.8. The van der Waals surface area contributed by atoms with E-state index in [9.17, 15) is 4.79 Å². The Hall–Kier alpha value is -2.35. The van der Waals surface area contributed by atoms with Gasteiger partial charge < -0.3 is 15.8 Å². The predicted molar refractivity (Wildman–Crippen MR) is 149 cm³/mol. The lowest BCUT2D eigenvalue weighted by Gasteiger charge is -2.25. The average Bonchev–Trinajstić information content (AvgIpc) is 3.71. The average molecular weight is 515 g/mol. The number of anilines is 1. The fourth-order valence-corrected chi connectivity index (χ4v) is 4.88. The summed E-state index contributed by atoms with van der Waals surface area (Å²) in [5, 5.41) is 7.70. The van der Waals surface area contributed by atoms with Crippen molar-refractivity contribution < 1.29 is 9.53 Å². The molecular formula is C27H39ClN4O2Si. The van der Waals surface area contributed by atoms with Crippen LogP contribution >= 0.6 is 12.4 Å². The molecule has 3 N–H and O–H groups in total. The molecule has 35 heavy (non-hydrogen) atoms. The van der Waals surface area contributed by atoms with Crippen molar-refractivity contribution in [2.45, 2.75) is 71.6 Å². The number of allylic oxidation sites excluding steroid dienone is 1. The van der Waals surface area contributed by atoms with Crippen LogP contribution < -0.4 is 11.1 Å². The summed E-state index contributed by atoms with van der Waals surface area (Å²) in [7, 11) is -1.39. The van der Waals surface area contributed by atoms with E-state index in [0.717, 1.165) is 53.9 Å². The number of halogens is 1. The van der Waals surface area contributed by atoms with Crippen LogP contribution in [0.3, 0.4) is 0 Å². The highest BCUT2D eigenvalue weighted by atomic mass is 35.5. The zero-order valence-electron chi connectivity index (χ0n) is 21.6. The van der Waals surface area contributed by atoms with Crippen LogP contribution in [0.15, 0.2) is 42.1 Å². The number of benzene rings is 1. The molecule has 2 aromatic rings. The molecular weight excluding hydrogens is 476 g/mol. The van der Waals surface area contributed by atoms with E-state index < -0.39 is 8.07 Å². The largest absolute Gasteiger partial charge is 0.394 e. The molecule has 0 saturated heterocycles. The van der Waals surface area contributed by atoms with E-state index in [0.29, 0.717) is 24.3 Å². The number of hydrogen-bond donors (Lipinski definition) is 2. The molecule has 2 aliphatic rings. The number of hydrogen-bond acceptors (Lipinski definition) is 4. The van der Waals surface area contributed by atoms with Gasteiger partial charge in [0.15, 0.2) is 0 Å². The zero-order chi connectivity index (χ0) is 24.6. The van der Waals surface area contributed by atoms with Gasteiger partial charge in [-0.25, -0.2) is 4.68 Å². The van der Waals surface area contributed by atoms with Crippen molar-refractivity contribution in [1.82, 2.24) is 9.78 Å². The van der Waals surface area contributed by atoms with Gasteiger partial charge in [-0.2, -0.15) is 5.10 Å². The third-order valence-electron chi connectivity index (χ3n) is 7.05. The summed E-state index contributed by atoms with van der Waals surface area (Å²) in [5.74, 6) is 0.858. The number of aryl methyl sites for hydroxylation is 1. The summed E-state index contributed by atoms with van der Waals surface area (Å²) < 4.78 is 8.02. The molecule has 0 unspecified atom stereocenters. The molecule has 0 radical (unpaired) electrons. The highest BCUT2D eigenvalue weighted by Gasteiger charge is 2.39. The van der Waals surface area contributed by atoms with E-state index in [-0.39, 0.29) is 24.0 Å². The first kappa shape index (κ1) is 27.2. The van der Waals surface area contributed by atoms with Gasteiger partial charge in [0.1, 0.15) is 6.73 Å². The number of amides is 1. The second-order valence-electron chi connectivity index (χ2n) is 10.8. The van der Waals surface area contributed by atoms with Gasteiger partial charge in [-0.3, -0.25) is 4.79 Å². The van der Waals surface area contributed by atoms with Gasteiger partial charge in [0.25, 0.3) is 5.91 Å². The van der Waals surface area contributed by atoms with Crippen LogP contribution in [0.2, 0.25) is 19.6 Å². The maximum Gasteiger partial charge on any atom is 0.271 e. The summed E-state index contributed by atoms with van der Waals surface area (Å²) in [5.41, 5.74) is 12.8. The number of aromatic nitrogens is 2. The van der Waals surface area contributed by atoms with E-state index in [4.69, 9.17) is 15.6 Å². The van der Waals surface area contributed by atoms with Crippen molar-refractivity contribution in [2.24, 2.45) is 17.6 Å². The van der Waals surface area contributed by atoms with Gasteiger partial charge in [-0.05, 0) is 80.7 Å². The SMILES string of the molecule is C=Cc1c(-c2ccc(NC(=O)C(N)=C(C3CC3)C3CC3)cc2)c(C)nn1CO[C@H](C)[Si](C)(C)C.Cl. The Labute approximate surface area is 216 Å². The number of nitrogens with zero attached hydrogens (tertiary/aromatic N) is 2. The molecule has 0 bridgehead atoms. The smallest absolute Gasteiger partial charge is 0.271 e. The minimum absolute atomic E-state index is 0. The van der Waals surface area contributed by atoms with Crippen molar-refractivity contribution in [3.05, 3.63) is 53.5 Å². The Kier molecular flexibility index (Phi) is 8.35. The number of nitrogens with two attached hydrogens (primary N) is 1. The van der Waals surface area contributed by atoms with E-state index in [1.807, 2.05) is 41.9 Å². The van der Waals surface area contributed by atoms with Crippen LogP contribution in [0.4, 0.5) is 5.69 Å². The molecule has 8 heteroatoms. The number of carbonyl (C=O) groups is 1. The predicted octanol–water partition coefficient (Wildman–Crippen LogP) is 6.13. The van der Waals surface area contributed by atoms with Gasteiger partial charge in [0.05, 0.1) is 25.2 Å². The number of rotatable bonds is 10. The Bertz CT molecular complexity index is 1100. The lowest BCUT2D eigenvalue weighted by atomic mass is 10.0. The molecule has 0 spiro atoms. The Balaban J connectivity index is 0.00000342. The van der Waals surface area contributed by atoms with Crippen molar-refractivity contribution in [3.63, 3.8) is 0 Å². The van der Waals surface area contributed by atoms with Crippen LogP contribution in [0, 0.1) is 18.8 Å². The summed E-state index contributed by atoms with van der Waals surface area (Å²) in [6, 6.07) is 7.85. The van der Waals surface area contributed by atoms with Crippen LogP contribution in [-0.2, 0) is 16.3 Å². The van der Waals surface area contributed by atoms with Crippen LogP contribution in [0.5, 0.6) is 0 Å². The normalized spacial score (nSPS) is 16.3. The number of nitrogens with one attached hydrogen (secondary N) is 1. The Morgan fingerprint density at radius 2 is 1.80 bits per heavy atom. The third-order valence-corrected chi connectivity index (χ3v) is 9.65. The highest BCUT2D eigenvalue weighted by molar-refractivity contribution is 6.77. The highest BCUT2D eigenvalue weighted by Crippen LogP contribution is 2.49. The van der Waals surface area contributed by atoms with Gasteiger partial charge >= 0.3 is 0 Å². The molecule has 6 nitrogen and oxygen atoms in total. The quantitative estimate of drug-likeness (QED) is 0.295. The van der Waals surface area contributed by atoms with Crippen LogP contribution in [0.25, 0.3) is 17.2 Å². The van der Waals surface area contributed by atoms with E-state index in [1.165, 1.54) is 5.57 Å². The molecule has 2 fully saturated rings. The van der Waals surface area contributed by atoms with Gasteiger partial charge in [0.2, 0.25) is 0 Å². The molecule has 2 saturated carbocycles. The molecule has 1 amide bonds. The second kappa shape index (κ2) is 10.7. The Morgan fingerprint density at radius 3 is 2.29 bits per heavy atom. The monoisotopic (exact) mass is 514 g/mol. The molecule has 1 heterocycles. The Morgan fingerprint density at radius 1 is 1.23 bits per heavy atom. The van der Waals surface area contributed by atoms with Crippen molar-refractivity contribution >= 4 is 38.2 Å². The van der Waals surface area contributed by atoms with Crippen molar-refractivity contribution in [1.29, 1.82) is 0 Å². The molecule has 1 aromatic carbocycles. The van der Waals surface area contributed by atoms with Gasteiger partial charge in [-0.1, -0.05) is 38.4 Å². The lowest BCUT2D eigenvalue weighted by molar-refractivity contribution is -0.113. The zero-order valence-corrected chi connectivity index (χ0v) is 23.4. The van der Waals surface area contributed by atoms with E-state index >= 15 is 0 Å². The second-order valence-corrected chi connectivity index (χ2v) is 16.3. The number of carbonyl (C=O) groups excluding carboxylic acids is 1. The molecule has 0 aliphatic heterocycles. The third kappa shape index (κ3) is 6.26. The minimum Gasteiger partial charge on any atom is -0.394 e. The fraction of sp³-hybridized carbons (Fsp3) is 0.481. The molecule has 1 aromatic heterocycles. The maximum atomic E-state index is 12.8. The minimum atomic E-state index is -1.39. The molecule has 4 rings (SSSR count). The van der Waals surface area contributed by atoms with Gasteiger partial charge in [0, 0.05) is 17.0 Å². The molecule has 190 valence electrons. The fourth-order valence-electron chi connectivity index (χ4n) is 4.31. The molecule has 2 aliphatic carbocycles. The van der Waals surface area contributed by atoms with E-state index in [2.05, 4.69) is 38.5 Å². The first-order valence-corrected chi connectivity index (χ1v) is 15.9. The molecule has 1 atom stereocenters. The summed E-state index contributed by atoms with van der Waals surface area (Å²) >= 11 is 0. The van der Waals surface area contributed by atoms with E-state index in [1.54, 1.807) is 0 Å². The van der Waals surface area contributed by atoms with Crippen LogP contribution in [-0.4, -0.2) is 29.5 Å². The van der Waals surface area contributed by atoms with Crippen molar-refractivity contribution in [3.8, 4) is 11.1 Å². The van der Waals surface area contributed by atoms with Crippen molar-refractivity contribution in [2.75, 3.05) is 5.32 Å². The van der Waals surface area contributed by atoms with Gasteiger partial charge in [-0.15, -0.1) is 12.4 Å².